The van der Waals surface area contributed by atoms with Crippen LogP contribution in [0, 0.1) is 0 Å². The Morgan fingerprint density at radius 3 is 2.91 bits per heavy atom. The van der Waals surface area contributed by atoms with Gasteiger partial charge in [-0.2, -0.15) is 0 Å². The molecule has 0 saturated heterocycles. The summed E-state index contributed by atoms with van der Waals surface area (Å²) in [5.41, 5.74) is 2.68. The number of nitrogens with one attached hydrogen (secondary N) is 2. The van der Waals surface area contributed by atoms with Gasteiger partial charge in [-0.3, -0.25) is 4.79 Å². The second-order valence-corrected chi connectivity index (χ2v) is 5.45. The van der Waals surface area contributed by atoms with Gasteiger partial charge in [0.1, 0.15) is 11.9 Å². The Bertz CT molecular complexity index is 698. The molecule has 0 aliphatic carbocycles. The third-order valence-corrected chi connectivity index (χ3v) is 3.79. The highest BCUT2D eigenvalue weighted by Crippen LogP contribution is 2.34. The number of hydrogen-bond acceptors (Lipinski definition) is 4. The van der Waals surface area contributed by atoms with Crippen molar-refractivity contribution >= 4 is 11.5 Å². The monoisotopic (exact) mass is 308 g/mol. The van der Waals surface area contributed by atoms with Crippen LogP contribution in [0.15, 0.2) is 61.2 Å². The maximum absolute atomic E-state index is 12.1. The number of Topliss-reactive ketones (excluding diaryl/α,β-unsaturated/α-hetero) is 1. The van der Waals surface area contributed by atoms with Crippen molar-refractivity contribution in [1.29, 1.82) is 0 Å². The van der Waals surface area contributed by atoms with Gasteiger partial charge in [0.15, 0.2) is 5.78 Å². The second-order valence-electron chi connectivity index (χ2n) is 5.45. The lowest BCUT2D eigenvalue weighted by atomic mass is 10.1. The van der Waals surface area contributed by atoms with Crippen LogP contribution in [-0.2, 0) is 0 Å². The lowest BCUT2D eigenvalue weighted by Gasteiger charge is -2.28. The van der Waals surface area contributed by atoms with E-state index in [2.05, 4.69) is 29.3 Å². The average Bonchev–Trinajstić information content (AvgIpc) is 2.61. The molecule has 0 fully saturated rings. The smallest absolute Gasteiger partial charge is 0.176 e. The van der Waals surface area contributed by atoms with Gasteiger partial charge in [0.05, 0.1) is 18.8 Å². The van der Waals surface area contributed by atoms with E-state index in [1.165, 1.54) is 0 Å². The minimum absolute atomic E-state index is 0.0143. The molecule has 0 saturated carbocycles. The van der Waals surface area contributed by atoms with Crippen LogP contribution < -0.4 is 15.4 Å². The zero-order chi connectivity index (χ0) is 16.1. The number of rotatable bonds is 6. The fraction of sp³-hybridized carbons (Fsp3) is 0.211. The maximum Gasteiger partial charge on any atom is 0.176 e. The molecule has 4 nitrogen and oxygen atoms in total. The van der Waals surface area contributed by atoms with Crippen molar-refractivity contribution in [3.05, 3.63) is 72.3 Å². The molecule has 0 radical (unpaired) electrons. The normalized spacial score (nSPS) is 15.9. The van der Waals surface area contributed by atoms with Crippen LogP contribution in [0.1, 0.15) is 22.0 Å². The van der Waals surface area contributed by atoms with E-state index >= 15 is 0 Å². The summed E-state index contributed by atoms with van der Waals surface area (Å²) in [7, 11) is 0. The van der Waals surface area contributed by atoms with Gasteiger partial charge in [-0.25, -0.2) is 0 Å². The van der Waals surface area contributed by atoms with Crippen LogP contribution in [0.4, 0.5) is 5.69 Å². The summed E-state index contributed by atoms with van der Waals surface area (Å²) in [6, 6.07) is 15.6. The van der Waals surface area contributed by atoms with Crippen LogP contribution >= 0.6 is 0 Å². The molecule has 0 amide bonds. The summed E-state index contributed by atoms with van der Waals surface area (Å²) in [5, 5.41) is 6.38. The number of hydrogen-bond donors (Lipinski definition) is 2. The first-order valence-corrected chi connectivity index (χ1v) is 7.72. The first kappa shape index (κ1) is 15.3. The first-order valence-electron chi connectivity index (χ1n) is 7.72. The van der Waals surface area contributed by atoms with E-state index < -0.39 is 0 Å². The van der Waals surface area contributed by atoms with E-state index in [0.29, 0.717) is 25.2 Å². The molecule has 118 valence electrons. The first-order chi connectivity index (χ1) is 11.3. The number of ketones is 1. The Balaban J connectivity index is 1.71. The van der Waals surface area contributed by atoms with E-state index in [1.54, 1.807) is 6.08 Å². The van der Waals surface area contributed by atoms with Gasteiger partial charge in [0.2, 0.25) is 0 Å². The van der Waals surface area contributed by atoms with Crippen molar-refractivity contribution in [2.75, 3.05) is 25.0 Å². The van der Waals surface area contributed by atoms with E-state index in [0.717, 1.165) is 17.0 Å². The largest absolute Gasteiger partial charge is 0.482 e. The van der Waals surface area contributed by atoms with Crippen LogP contribution in [0.3, 0.4) is 0 Å². The molecule has 1 aliphatic rings. The second kappa shape index (κ2) is 7.11. The van der Waals surface area contributed by atoms with Gasteiger partial charge in [0, 0.05) is 12.1 Å². The Hall–Kier alpha value is -2.59. The van der Waals surface area contributed by atoms with E-state index in [-0.39, 0.29) is 11.9 Å². The molecule has 2 aromatic rings. The summed E-state index contributed by atoms with van der Waals surface area (Å²) in [4.78, 5) is 12.1. The molecule has 1 atom stereocenters. The SMILES string of the molecule is C=CCNCC(=O)c1ccc2c(c1)NCC(c1ccccc1)O2. The number of ether oxygens (including phenoxy) is 1. The number of benzene rings is 2. The van der Waals surface area contributed by atoms with Gasteiger partial charge < -0.3 is 15.4 Å². The highest BCUT2D eigenvalue weighted by atomic mass is 16.5. The predicted octanol–water partition coefficient (Wildman–Crippen LogP) is 3.19. The molecule has 2 N–H and O–H groups in total. The fourth-order valence-corrected chi connectivity index (χ4v) is 2.59. The molecule has 23 heavy (non-hydrogen) atoms. The van der Waals surface area contributed by atoms with Gasteiger partial charge in [-0.15, -0.1) is 6.58 Å². The van der Waals surface area contributed by atoms with E-state index in [9.17, 15) is 4.79 Å². The fourth-order valence-electron chi connectivity index (χ4n) is 2.59. The molecule has 1 heterocycles. The number of carbonyl (C=O) groups is 1. The molecular weight excluding hydrogens is 288 g/mol. The van der Waals surface area contributed by atoms with Crippen LogP contribution in [0.2, 0.25) is 0 Å². The zero-order valence-corrected chi connectivity index (χ0v) is 12.9. The molecule has 0 spiro atoms. The standard InChI is InChI=1S/C19H20N2O2/c1-2-10-20-12-17(22)15-8-9-18-16(11-15)21-13-19(23-18)14-6-4-3-5-7-14/h2-9,11,19-21H,1,10,12-13H2. The zero-order valence-electron chi connectivity index (χ0n) is 12.9. The van der Waals surface area contributed by atoms with Crippen LogP contribution in [0.25, 0.3) is 0 Å². The molecule has 1 aliphatic heterocycles. The molecule has 0 aromatic heterocycles. The van der Waals surface area contributed by atoms with Crippen LogP contribution in [0.5, 0.6) is 5.75 Å². The Morgan fingerprint density at radius 1 is 1.30 bits per heavy atom. The lowest BCUT2D eigenvalue weighted by Crippen LogP contribution is -2.25. The number of anilines is 1. The van der Waals surface area contributed by atoms with Crippen LogP contribution in [-0.4, -0.2) is 25.4 Å². The van der Waals surface area contributed by atoms with Gasteiger partial charge in [-0.1, -0.05) is 36.4 Å². The van der Waals surface area contributed by atoms with Crippen molar-refractivity contribution < 1.29 is 9.53 Å². The van der Waals surface area contributed by atoms with Crippen molar-refractivity contribution in [2.24, 2.45) is 0 Å². The molecule has 1 unspecified atom stereocenters. The van der Waals surface area contributed by atoms with Crippen molar-refractivity contribution in [3.63, 3.8) is 0 Å². The predicted molar refractivity (Wildman–Crippen MR) is 92.1 cm³/mol. The minimum atomic E-state index is -0.0143. The van der Waals surface area contributed by atoms with Crippen molar-refractivity contribution in [3.8, 4) is 5.75 Å². The third kappa shape index (κ3) is 3.60. The summed E-state index contributed by atoms with van der Waals surface area (Å²) >= 11 is 0. The molecule has 2 aromatic carbocycles. The summed E-state index contributed by atoms with van der Waals surface area (Å²) in [6.45, 7) is 5.23. The third-order valence-electron chi connectivity index (χ3n) is 3.79. The molecule has 0 bridgehead atoms. The Labute approximate surface area is 136 Å². The quantitative estimate of drug-likeness (QED) is 0.489. The average molecular weight is 308 g/mol. The number of carbonyl (C=O) groups excluding carboxylic acids is 1. The summed E-state index contributed by atoms with van der Waals surface area (Å²) in [6.07, 6.45) is 1.72. The van der Waals surface area contributed by atoms with Crippen molar-refractivity contribution in [1.82, 2.24) is 5.32 Å². The van der Waals surface area contributed by atoms with Gasteiger partial charge in [0.25, 0.3) is 0 Å². The van der Waals surface area contributed by atoms with Crippen molar-refractivity contribution in [2.45, 2.75) is 6.10 Å². The Kier molecular flexibility index (Phi) is 4.74. The van der Waals surface area contributed by atoms with E-state index in [1.807, 2.05) is 36.4 Å². The summed E-state index contributed by atoms with van der Waals surface area (Å²) < 4.78 is 6.05. The highest BCUT2D eigenvalue weighted by Gasteiger charge is 2.21. The summed E-state index contributed by atoms with van der Waals surface area (Å²) in [5.74, 6) is 0.835. The number of fused-ring (bicyclic) bond motifs is 1. The Morgan fingerprint density at radius 2 is 2.13 bits per heavy atom. The maximum atomic E-state index is 12.1. The lowest BCUT2D eigenvalue weighted by molar-refractivity contribution is 0.0992. The van der Waals surface area contributed by atoms with E-state index in [4.69, 9.17) is 4.74 Å². The topological polar surface area (TPSA) is 50.4 Å². The molecule has 3 rings (SSSR count). The minimum Gasteiger partial charge on any atom is -0.482 e. The molecule has 4 heteroatoms. The van der Waals surface area contributed by atoms with Gasteiger partial charge >= 0.3 is 0 Å². The highest BCUT2D eigenvalue weighted by molar-refractivity contribution is 5.98. The van der Waals surface area contributed by atoms with Gasteiger partial charge in [-0.05, 0) is 23.8 Å². The molecular formula is C19H20N2O2.